The van der Waals surface area contributed by atoms with Crippen molar-refractivity contribution in [3.05, 3.63) is 0 Å². The van der Waals surface area contributed by atoms with Gasteiger partial charge in [-0.2, -0.15) is 8.42 Å². The molecule has 90 valence electrons. The van der Waals surface area contributed by atoms with Gasteiger partial charge in [-0.05, 0) is 12.3 Å². The van der Waals surface area contributed by atoms with E-state index in [1.807, 2.05) is 0 Å². The highest BCUT2D eigenvalue weighted by Gasteiger charge is 2.15. The van der Waals surface area contributed by atoms with Gasteiger partial charge in [0, 0.05) is 0 Å². The van der Waals surface area contributed by atoms with Crippen LogP contribution in [-0.4, -0.2) is 26.6 Å². The Morgan fingerprint density at radius 1 is 1.40 bits per heavy atom. The lowest BCUT2D eigenvalue weighted by Crippen LogP contribution is -2.17. The van der Waals surface area contributed by atoms with Crippen LogP contribution in [0.2, 0.25) is 0 Å². The van der Waals surface area contributed by atoms with Crippen LogP contribution in [-0.2, 0) is 19.3 Å². The van der Waals surface area contributed by atoms with Crippen molar-refractivity contribution in [1.29, 1.82) is 0 Å². The zero-order valence-electron chi connectivity index (χ0n) is 8.46. The fraction of sp³-hybridized carbons (Fsp3) is 0.875. The largest absolute Gasteiger partial charge is 0.483 e. The second kappa shape index (κ2) is 7.61. The third-order valence-electron chi connectivity index (χ3n) is 2.25. The Hall–Kier alpha value is -0.660. The molecule has 0 unspecified atom stereocenters. The second-order valence-corrected chi connectivity index (χ2v) is 4.58. The Bertz CT molecular complexity index is 258. The van der Waals surface area contributed by atoms with Gasteiger partial charge in [-0.25, -0.2) is 5.14 Å². The van der Waals surface area contributed by atoms with Crippen LogP contribution in [0.5, 0.6) is 0 Å². The first-order chi connectivity index (χ1) is 6.99. The Morgan fingerprint density at radius 2 is 1.87 bits per heavy atom. The fourth-order valence-corrected chi connectivity index (χ4v) is 1.96. The van der Waals surface area contributed by atoms with Gasteiger partial charge in [0.15, 0.2) is 0 Å². The number of rotatable bonds is 4. The molecule has 0 bridgehead atoms. The molecule has 1 rings (SSSR count). The Labute approximate surface area is 89.7 Å². The lowest BCUT2D eigenvalue weighted by molar-refractivity contribution is -0.122. The summed E-state index contributed by atoms with van der Waals surface area (Å²) in [5.41, 5.74) is 0. The standard InChI is InChI=1S/C7H15NO3S.CH2O2/c8-12(9,10)11-6-5-7-3-1-2-4-7;2-1-3/h7H,1-6H2,(H2,8,9,10);1H,(H,2,3). The van der Waals surface area contributed by atoms with Crippen LogP contribution in [0.1, 0.15) is 32.1 Å². The van der Waals surface area contributed by atoms with E-state index < -0.39 is 10.3 Å². The maximum Gasteiger partial charge on any atom is 0.333 e. The van der Waals surface area contributed by atoms with Gasteiger partial charge in [-0.3, -0.25) is 8.98 Å². The highest BCUT2D eigenvalue weighted by molar-refractivity contribution is 7.84. The minimum Gasteiger partial charge on any atom is -0.483 e. The smallest absolute Gasteiger partial charge is 0.333 e. The van der Waals surface area contributed by atoms with Crippen molar-refractivity contribution in [3.8, 4) is 0 Å². The zero-order valence-corrected chi connectivity index (χ0v) is 9.28. The lowest BCUT2D eigenvalue weighted by atomic mass is 10.1. The van der Waals surface area contributed by atoms with Gasteiger partial charge in [0.05, 0.1) is 6.61 Å². The molecular formula is C8H17NO5S. The molecule has 0 aromatic rings. The predicted molar refractivity (Wildman–Crippen MR) is 54.3 cm³/mol. The van der Waals surface area contributed by atoms with E-state index in [4.69, 9.17) is 9.90 Å². The quantitative estimate of drug-likeness (QED) is 0.694. The zero-order chi connectivity index (χ0) is 11.7. The minimum atomic E-state index is -3.72. The third-order valence-corrected chi connectivity index (χ3v) is 2.74. The van der Waals surface area contributed by atoms with E-state index >= 15 is 0 Å². The summed E-state index contributed by atoms with van der Waals surface area (Å²) in [6.45, 7) is -0.0104. The van der Waals surface area contributed by atoms with Gasteiger partial charge in [-0.1, -0.05) is 25.7 Å². The number of carboxylic acid groups (broad SMARTS) is 1. The Balaban J connectivity index is 0.000000583. The van der Waals surface area contributed by atoms with Gasteiger partial charge in [0.2, 0.25) is 0 Å². The van der Waals surface area contributed by atoms with Crippen molar-refractivity contribution >= 4 is 16.8 Å². The van der Waals surface area contributed by atoms with E-state index in [-0.39, 0.29) is 13.1 Å². The average molecular weight is 239 g/mol. The molecule has 0 amide bonds. The summed E-state index contributed by atoms with van der Waals surface area (Å²) >= 11 is 0. The molecule has 1 fully saturated rings. The molecule has 0 radical (unpaired) electrons. The average Bonchev–Trinajstić information content (AvgIpc) is 2.55. The van der Waals surface area contributed by atoms with E-state index in [9.17, 15) is 8.42 Å². The van der Waals surface area contributed by atoms with E-state index in [1.165, 1.54) is 25.7 Å². The molecule has 15 heavy (non-hydrogen) atoms. The molecule has 0 spiro atoms. The van der Waals surface area contributed by atoms with Crippen molar-refractivity contribution in [2.24, 2.45) is 11.1 Å². The first-order valence-corrected chi connectivity index (χ1v) is 6.21. The summed E-state index contributed by atoms with van der Waals surface area (Å²) in [6.07, 6.45) is 5.75. The lowest BCUT2D eigenvalue weighted by Gasteiger charge is -2.06. The monoisotopic (exact) mass is 239 g/mol. The van der Waals surface area contributed by atoms with E-state index in [0.29, 0.717) is 5.92 Å². The normalized spacial score (nSPS) is 16.9. The summed E-state index contributed by atoms with van der Waals surface area (Å²) < 4.78 is 25.2. The first kappa shape index (κ1) is 14.3. The molecule has 6 nitrogen and oxygen atoms in total. The molecule has 0 aromatic carbocycles. The maximum atomic E-state index is 10.4. The van der Waals surface area contributed by atoms with Crippen LogP contribution in [0.4, 0.5) is 0 Å². The Morgan fingerprint density at radius 3 is 2.27 bits per heavy atom. The van der Waals surface area contributed by atoms with Crippen molar-refractivity contribution in [1.82, 2.24) is 0 Å². The number of nitrogens with two attached hydrogens (primary N) is 1. The molecule has 0 heterocycles. The molecule has 0 atom stereocenters. The minimum absolute atomic E-state index is 0.240. The topological polar surface area (TPSA) is 107 Å². The molecule has 0 aliphatic heterocycles. The van der Waals surface area contributed by atoms with Gasteiger partial charge in [-0.15, -0.1) is 0 Å². The molecule has 1 aliphatic rings. The summed E-state index contributed by atoms with van der Waals surface area (Å²) in [4.78, 5) is 8.36. The summed E-state index contributed by atoms with van der Waals surface area (Å²) in [7, 11) is -3.72. The van der Waals surface area contributed by atoms with Gasteiger partial charge in [0.25, 0.3) is 6.47 Å². The summed E-state index contributed by atoms with van der Waals surface area (Å²) in [5, 5.41) is 11.6. The van der Waals surface area contributed by atoms with Gasteiger partial charge < -0.3 is 5.11 Å². The highest BCUT2D eigenvalue weighted by Crippen LogP contribution is 2.27. The molecule has 7 heteroatoms. The number of hydrogen-bond donors (Lipinski definition) is 2. The van der Waals surface area contributed by atoms with Crippen molar-refractivity contribution in [3.63, 3.8) is 0 Å². The predicted octanol–water partition coefficient (Wildman–Crippen LogP) is 0.488. The number of carbonyl (C=O) groups is 1. The van der Waals surface area contributed by atoms with E-state index in [0.717, 1.165) is 6.42 Å². The molecule has 1 saturated carbocycles. The van der Waals surface area contributed by atoms with E-state index in [1.54, 1.807) is 0 Å². The van der Waals surface area contributed by atoms with Gasteiger partial charge in [0.1, 0.15) is 0 Å². The number of hydrogen-bond acceptors (Lipinski definition) is 4. The second-order valence-electron chi connectivity index (χ2n) is 3.36. The van der Waals surface area contributed by atoms with Crippen LogP contribution in [0.25, 0.3) is 0 Å². The Kier molecular flexibility index (Phi) is 7.27. The molecule has 0 aromatic heterocycles. The van der Waals surface area contributed by atoms with Crippen molar-refractivity contribution in [2.45, 2.75) is 32.1 Å². The van der Waals surface area contributed by atoms with Crippen LogP contribution in [0.15, 0.2) is 0 Å². The maximum absolute atomic E-state index is 10.4. The summed E-state index contributed by atoms with van der Waals surface area (Å²) in [5.74, 6) is 0.645. The fourth-order valence-electron chi connectivity index (χ4n) is 1.63. The SMILES string of the molecule is NS(=O)(=O)OCCC1CCCC1.O=CO. The molecule has 3 N–H and O–H groups in total. The highest BCUT2D eigenvalue weighted by atomic mass is 32.2. The molecular weight excluding hydrogens is 222 g/mol. The summed E-state index contributed by atoms with van der Waals surface area (Å²) in [6, 6.07) is 0. The van der Waals surface area contributed by atoms with Crippen molar-refractivity contribution < 1.29 is 22.5 Å². The first-order valence-electron chi connectivity index (χ1n) is 4.74. The molecule has 1 aliphatic carbocycles. The van der Waals surface area contributed by atoms with Gasteiger partial charge >= 0.3 is 10.3 Å². The third kappa shape index (κ3) is 9.64. The van der Waals surface area contributed by atoms with Crippen LogP contribution in [0.3, 0.4) is 0 Å². The van der Waals surface area contributed by atoms with Crippen LogP contribution < -0.4 is 5.14 Å². The van der Waals surface area contributed by atoms with Crippen LogP contribution >= 0.6 is 0 Å². The molecule has 0 saturated heterocycles. The van der Waals surface area contributed by atoms with Crippen LogP contribution in [0, 0.1) is 5.92 Å². The van der Waals surface area contributed by atoms with E-state index in [2.05, 4.69) is 9.32 Å². The van der Waals surface area contributed by atoms with Crippen molar-refractivity contribution in [2.75, 3.05) is 6.61 Å².